The lowest BCUT2D eigenvalue weighted by molar-refractivity contribution is -0.193. The fourth-order valence-corrected chi connectivity index (χ4v) is 2.90. The van der Waals surface area contributed by atoms with Crippen LogP contribution in [0.5, 0.6) is 0 Å². The molecule has 2 aromatic rings. The summed E-state index contributed by atoms with van der Waals surface area (Å²) in [6.07, 6.45) is -8.01. The van der Waals surface area contributed by atoms with Crippen LogP contribution in [-0.4, -0.2) is 64.8 Å². The summed E-state index contributed by atoms with van der Waals surface area (Å²) in [6.45, 7) is 5.90. The Bertz CT molecular complexity index is 1020. The van der Waals surface area contributed by atoms with E-state index in [2.05, 4.69) is 29.8 Å². The Balaban J connectivity index is 0.000000343. The Morgan fingerprint density at radius 3 is 1.91 bits per heavy atom. The van der Waals surface area contributed by atoms with Crippen molar-refractivity contribution in [2.75, 3.05) is 18.0 Å². The molecule has 0 saturated carbocycles. The van der Waals surface area contributed by atoms with Gasteiger partial charge in [0.05, 0.1) is 23.3 Å². The summed E-state index contributed by atoms with van der Waals surface area (Å²) in [5, 5.41) is 24.5. The molecule has 8 nitrogen and oxygen atoms in total. The van der Waals surface area contributed by atoms with Crippen molar-refractivity contribution in [1.82, 2.24) is 4.98 Å². The Kier molecular flexibility index (Phi) is 9.62. The van der Waals surface area contributed by atoms with E-state index >= 15 is 0 Å². The first-order valence-electron chi connectivity index (χ1n) is 9.36. The third-order valence-electron chi connectivity index (χ3n) is 4.11. The van der Waals surface area contributed by atoms with Gasteiger partial charge in [-0.3, -0.25) is 4.98 Å². The summed E-state index contributed by atoms with van der Waals surface area (Å²) >= 11 is 0. The minimum Gasteiger partial charge on any atom is -0.475 e. The molecule has 1 aromatic heterocycles. The number of aliphatic carboxylic acids is 2. The molecular weight excluding hydrogens is 476 g/mol. The van der Waals surface area contributed by atoms with Gasteiger partial charge in [-0.25, -0.2) is 9.59 Å². The minimum absolute atomic E-state index is 0.209. The zero-order chi connectivity index (χ0) is 26.3. The van der Waals surface area contributed by atoms with Crippen LogP contribution < -0.4 is 4.90 Å². The molecule has 1 aromatic carbocycles. The molecule has 1 fully saturated rings. The number of fused-ring (bicyclic) bond motifs is 1. The smallest absolute Gasteiger partial charge is 0.475 e. The van der Waals surface area contributed by atoms with E-state index in [4.69, 9.17) is 24.5 Å². The molecular formula is C20H19F6N3O5. The quantitative estimate of drug-likeness (QED) is 0.570. The van der Waals surface area contributed by atoms with Crippen molar-refractivity contribution in [3.8, 4) is 6.07 Å². The highest BCUT2D eigenvalue weighted by molar-refractivity contribution is 5.95. The van der Waals surface area contributed by atoms with Crippen molar-refractivity contribution in [3.63, 3.8) is 0 Å². The largest absolute Gasteiger partial charge is 0.490 e. The molecule has 14 heteroatoms. The maximum absolute atomic E-state index is 10.6. The number of anilines is 1. The van der Waals surface area contributed by atoms with Gasteiger partial charge in [0, 0.05) is 30.4 Å². The predicted molar refractivity (Wildman–Crippen MR) is 106 cm³/mol. The highest BCUT2D eigenvalue weighted by atomic mass is 19.4. The molecule has 1 saturated heterocycles. The fraction of sp³-hybridized carbons (Fsp3) is 0.400. The number of alkyl halides is 6. The van der Waals surface area contributed by atoms with Crippen LogP contribution in [0.3, 0.4) is 0 Å². The topological polar surface area (TPSA) is 124 Å². The number of nitrogens with zero attached hydrogens (tertiary/aromatic N) is 3. The average molecular weight is 495 g/mol. The van der Waals surface area contributed by atoms with Gasteiger partial charge in [0.1, 0.15) is 6.07 Å². The van der Waals surface area contributed by atoms with E-state index in [-0.39, 0.29) is 12.2 Å². The highest BCUT2D eigenvalue weighted by Crippen LogP contribution is 2.30. The van der Waals surface area contributed by atoms with E-state index < -0.39 is 24.3 Å². The second-order valence-corrected chi connectivity index (χ2v) is 6.91. The van der Waals surface area contributed by atoms with Gasteiger partial charge in [0.25, 0.3) is 0 Å². The highest BCUT2D eigenvalue weighted by Gasteiger charge is 2.38. The lowest BCUT2D eigenvalue weighted by Gasteiger charge is -2.37. The first-order valence-corrected chi connectivity index (χ1v) is 9.36. The monoisotopic (exact) mass is 495 g/mol. The summed E-state index contributed by atoms with van der Waals surface area (Å²) < 4.78 is 69.3. The van der Waals surface area contributed by atoms with Gasteiger partial charge in [-0.15, -0.1) is 0 Å². The van der Waals surface area contributed by atoms with Crippen LogP contribution in [-0.2, 0) is 14.3 Å². The van der Waals surface area contributed by atoms with E-state index in [9.17, 15) is 31.6 Å². The van der Waals surface area contributed by atoms with Crippen molar-refractivity contribution in [2.45, 2.75) is 38.4 Å². The summed E-state index contributed by atoms with van der Waals surface area (Å²) in [4.78, 5) is 24.5. The number of hydrogen-bond acceptors (Lipinski definition) is 6. The number of rotatable bonds is 1. The van der Waals surface area contributed by atoms with Gasteiger partial charge < -0.3 is 19.8 Å². The van der Waals surface area contributed by atoms with Crippen molar-refractivity contribution in [1.29, 1.82) is 5.26 Å². The summed E-state index contributed by atoms with van der Waals surface area (Å²) in [7, 11) is 0. The zero-order valence-corrected chi connectivity index (χ0v) is 17.7. The van der Waals surface area contributed by atoms with Gasteiger partial charge in [0.2, 0.25) is 0 Å². The molecule has 2 heterocycles. The van der Waals surface area contributed by atoms with Gasteiger partial charge in [-0.05, 0) is 38.1 Å². The van der Waals surface area contributed by atoms with Crippen LogP contribution in [0.15, 0.2) is 30.5 Å². The molecule has 2 N–H and O–H groups in total. The number of aromatic nitrogens is 1. The van der Waals surface area contributed by atoms with Crippen LogP contribution in [0.4, 0.5) is 32.0 Å². The normalized spacial score (nSPS) is 18.0. The van der Waals surface area contributed by atoms with Crippen LogP contribution in [0.25, 0.3) is 10.9 Å². The second-order valence-electron chi connectivity index (χ2n) is 6.91. The molecule has 0 bridgehead atoms. The van der Waals surface area contributed by atoms with Gasteiger partial charge in [0.15, 0.2) is 0 Å². The Morgan fingerprint density at radius 2 is 1.50 bits per heavy atom. The van der Waals surface area contributed by atoms with Crippen LogP contribution in [0.2, 0.25) is 0 Å². The molecule has 3 rings (SSSR count). The van der Waals surface area contributed by atoms with E-state index in [0.29, 0.717) is 5.56 Å². The summed E-state index contributed by atoms with van der Waals surface area (Å²) in [5.41, 5.74) is 2.53. The number of carboxylic acid groups (broad SMARTS) is 2. The fourth-order valence-electron chi connectivity index (χ4n) is 2.90. The molecule has 1 aliphatic heterocycles. The van der Waals surface area contributed by atoms with Crippen LogP contribution in [0, 0.1) is 11.3 Å². The maximum Gasteiger partial charge on any atom is 0.490 e. The molecule has 1 aliphatic rings. The van der Waals surface area contributed by atoms with Gasteiger partial charge in [-0.1, -0.05) is 0 Å². The SMILES string of the molecule is C[C@@H]1CN(c2ccc(C#N)c3ncccc23)C[C@H](C)O1.O=C(O)C(F)(F)F.O=C(O)C(F)(F)F. The molecule has 0 spiro atoms. The van der Waals surface area contributed by atoms with Gasteiger partial charge >= 0.3 is 24.3 Å². The molecule has 34 heavy (non-hydrogen) atoms. The number of pyridine rings is 1. The second kappa shape index (κ2) is 11.5. The minimum atomic E-state index is -5.08. The Morgan fingerprint density at radius 1 is 1.03 bits per heavy atom. The van der Waals surface area contributed by atoms with E-state index in [1.54, 1.807) is 6.20 Å². The third-order valence-corrected chi connectivity index (χ3v) is 4.11. The van der Waals surface area contributed by atoms with Gasteiger partial charge in [-0.2, -0.15) is 31.6 Å². The lowest BCUT2D eigenvalue weighted by atomic mass is 10.1. The van der Waals surface area contributed by atoms with E-state index in [1.165, 1.54) is 0 Å². The maximum atomic E-state index is 10.6. The molecule has 0 amide bonds. The number of carboxylic acids is 2. The summed E-state index contributed by atoms with van der Waals surface area (Å²) in [6, 6.07) is 10.0. The third kappa shape index (κ3) is 8.39. The number of halogens is 6. The van der Waals surface area contributed by atoms with Crippen molar-refractivity contribution in [2.24, 2.45) is 0 Å². The number of hydrogen-bond donors (Lipinski definition) is 2. The molecule has 0 aliphatic carbocycles. The Labute approximate surface area is 189 Å². The number of benzene rings is 1. The molecule has 2 atom stereocenters. The number of ether oxygens (including phenoxy) is 1. The van der Waals surface area contributed by atoms with Crippen molar-refractivity contribution in [3.05, 3.63) is 36.0 Å². The first-order chi connectivity index (χ1) is 15.6. The van der Waals surface area contributed by atoms with Crippen LogP contribution >= 0.6 is 0 Å². The predicted octanol–water partition coefficient (Wildman–Crippen LogP) is 3.99. The molecule has 186 valence electrons. The van der Waals surface area contributed by atoms with E-state index in [0.717, 1.165) is 29.7 Å². The van der Waals surface area contributed by atoms with E-state index in [1.807, 2.05) is 24.3 Å². The summed E-state index contributed by atoms with van der Waals surface area (Å²) in [5.74, 6) is -5.51. The molecule has 0 radical (unpaired) electrons. The zero-order valence-electron chi connectivity index (χ0n) is 17.7. The molecule has 0 unspecified atom stereocenters. The number of carbonyl (C=O) groups is 2. The first kappa shape index (κ1) is 28.4. The lowest BCUT2D eigenvalue weighted by Crippen LogP contribution is -2.45. The van der Waals surface area contributed by atoms with Crippen molar-refractivity contribution >= 4 is 28.5 Å². The standard InChI is InChI=1S/C16H17N3O.2C2HF3O2/c1-11-9-19(10-12(2)20-11)15-6-5-13(8-17)16-14(15)4-3-7-18-16;2*3-2(4,5)1(6)7/h3-7,11-12H,9-10H2,1-2H3;2*(H,6,7)/t11-,12+;;. The number of nitriles is 1. The number of morpholine rings is 1. The van der Waals surface area contributed by atoms with Crippen LogP contribution in [0.1, 0.15) is 19.4 Å². The van der Waals surface area contributed by atoms with Crippen molar-refractivity contribution < 1.29 is 50.9 Å². The average Bonchev–Trinajstić information content (AvgIpc) is 2.71. The Hall–Kier alpha value is -3.60.